The van der Waals surface area contributed by atoms with Gasteiger partial charge in [0, 0.05) is 24.2 Å². The third kappa shape index (κ3) is 3.16. The lowest BCUT2D eigenvalue weighted by Crippen LogP contribution is -2.29. The van der Waals surface area contributed by atoms with Gasteiger partial charge in [-0.25, -0.2) is 0 Å². The fraction of sp³-hybridized carbons (Fsp3) is 0.350. The van der Waals surface area contributed by atoms with Crippen LogP contribution in [0.25, 0.3) is 16.6 Å². The number of pyridine rings is 1. The molecule has 0 amide bonds. The van der Waals surface area contributed by atoms with Crippen molar-refractivity contribution in [2.45, 2.75) is 37.8 Å². The largest absolute Gasteiger partial charge is 0.393 e. The van der Waals surface area contributed by atoms with E-state index in [0.29, 0.717) is 12.0 Å². The highest BCUT2D eigenvalue weighted by molar-refractivity contribution is 5.83. The van der Waals surface area contributed by atoms with Crippen LogP contribution in [-0.4, -0.2) is 41.6 Å². The van der Waals surface area contributed by atoms with Crippen molar-refractivity contribution in [3.63, 3.8) is 0 Å². The summed E-state index contributed by atoms with van der Waals surface area (Å²) in [6.45, 7) is 0. The zero-order chi connectivity index (χ0) is 19.1. The molecule has 0 unspecified atom stereocenters. The minimum atomic E-state index is -0.159. The van der Waals surface area contributed by atoms with E-state index >= 15 is 0 Å². The molecule has 1 saturated carbocycles. The van der Waals surface area contributed by atoms with Gasteiger partial charge >= 0.3 is 0 Å². The number of rotatable bonds is 4. The Labute approximate surface area is 162 Å². The SMILES string of the molecule is Cn1ncc2cc(Nc3nc4cccc(N[C@H]5CC[C@@H](O)CC5)n4n3)ccc21. The average Bonchev–Trinajstić information content (AvgIpc) is 3.27. The summed E-state index contributed by atoms with van der Waals surface area (Å²) in [5.41, 5.74) is 2.79. The van der Waals surface area contributed by atoms with E-state index < -0.39 is 0 Å². The number of hydrogen-bond acceptors (Lipinski definition) is 6. The molecule has 0 radical (unpaired) electrons. The number of aromatic nitrogens is 5. The molecule has 4 aromatic rings. The average molecular weight is 377 g/mol. The van der Waals surface area contributed by atoms with E-state index in [1.165, 1.54) is 0 Å². The lowest BCUT2D eigenvalue weighted by Gasteiger charge is -2.26. The van der Waals surface area contributed by atoms with Crippen LogP contribution in [0.5, 0.6) is 0 Å². The van der Waals surface area contributed by atoms with Crippen molar-refractivity contribution in [3.05, 3.63) is 42.6 Å². The van der Waals surface area contributed by atoms with Gasteiger partial charge in [-0.15, -0.1) is 5.10 Å². The number of aliphatic hydroxyl groups excluding tert-OH is 1. The molecule has 144 valence electrons. The van der Waals surface area contributed by atoms with Crippen molar-refractivity contribution in [1.82, 2.24) is 24.4 Å². The van der Waals surface area contributed by atoms with Crippen LogP contribution in [0.3, 0.4) is 0 Å². The second-order valence-corrected chi connectivity index (χ2v) is 7.43. The number of nitrogens with zero attached hydrogens (tertiary/aromatic N) is 5. The fourth-order valence-corrected chi connectivity index (χ4v) is 3.87. The standard InChI is InChI=1S/C20H23N7O/c1-26-17-10-7-15(11-13(17)12-21-26)23-20-24-19-4-2-3-18(27(19)25-20)22-14-5-8-16(28)9-6-14/h2-4,7,10-12,14,16,22,28H,5-6,8-9H2,1H3,(H,23,25)/t14-,16+. The van der Waals surface area contributed by atoms with Crippen molar-refractivity contribution in [1.29, 1.82) is 0 Å². The highest BCUT2D eigenvalue weighted by Crippen LogP contribution is 2.24. The zero-order valence-corrected chi connectivity index (χ0v) is 15.7. The molecule has 3 aromatic heterocycles. The predicted molar refractivity (Wildman–Crippen MR) is 109 cm³/mol. The van der Waals surface area contributed by atoms with E-state index in [9.17, 15) is 5.11 Å². The van der Waals surface area contributed by atoms with Crippen molar-refractivity contribution in [2.24, 2.45) is 7.05 Å². The van der Waals surface area contributed by atoms with Crippen molar-refractivity contribution in [3.8, 4) is 0 Å². The molecule has 1 aliphatic rings. The van der Waals surface area contributed by atoms with E-state index in [1.807, 2.05) is 58.8 Å². The highest BCUT2D eigenvalue weighted by atomic mass is 16.3. The molecule has 3 heterocycles. The molecule has 8 heteroatoms. The number of fused-ring (bicyclic) bond motifs is 2. The number of benzene rings is 1. The molecule has 5 rings (SSSR count). The number of anilines is 3. The summed E-state index contributed by atoms with van der Waals surface area (Å²) in [6.07, 6.45) is 5.29. The summed E-state index contributed by atoms with van der Waals surface area (Å²) in [4.78, 5) is 4.60. The molecule has 0 spiro atoms. The van der Waals surface area contributed by atoms with Crippen molar-refractivity contribution in [2.75, 3.05) is 10.6 Å². The highest BCUT2D eigenvalue weighted by Gasteiger charge is 2.20. The van der Waals surface area contributed by atoms with E-state index in [2.05, 4.69) is 25.8 Å². The Kier molecular flexibility index (Phi) is 4.12. The van der Waals surface area contributed by atoms with E-state index in [1.54, 1.807) is 0 Å². The van der Waals surface area contributed by atoms with Gasteiger partial charge in [0.2, 0.25) is 5.95 Å². The molecule has 0 atom stereocenters. The van der Waals surface area contributed by atoms with Crippen LogP contribution in [0.15, 0.2) is 42.6 Å². The van der Waals surface area contributed by atoms with E-state index in [-0.39, 0.29) is 6.10 Å². The second kappa shape index (κ2) is 6.79. The van der Waals surface area contributed by atoms with Gasteiger partial charge in [-0.1, -0.05) is 6.07 Å². The van der Waals surface area contributed by atoms with Crippen LogP contribution in [-0.2, 0) is 7.05 Å². The number of aryl methyl sites for hydroxylation is 1. The fourth-order valence-electron chi connectivity index (χ4n) is 3.87. The Balaban J connectivity index is 1.39. The predicted octanol–water partition coefficient (Wildman–Crippen LogP) is 3.08. The first-order chi connectivity index (χ1) is 13.7. The third-order valence-corrected chi connectivity index (χ3v) is 5.41. The van der Waals surface area contributed by atoms with Crippen LogP contribution in [0.2, 0.25) is 0 Å². The summed E-state index contributed by atoms with van der Waals surface area (Å²) in [5, 5.41) is 26.5. The van der Waals surface area contributed by atoms with Crippen LogP contribution in [0.1, 0.15) is 25.7 Å². The lowest BCUT2D eigenvalue weighted by molar-refractivity contribution is 0.126. The quantitative estimate of drug-likeness (QED) is 0.506. The summed E-state index contributed by atoms with van der Waals surface area (Å²) >= 11 is 0. The van der Waals surface area contributed by atoms with Crippen molar-refractivity contribution < 1.29 is 5.11 Å². The Bertz CT molecular complexity index is 1120. The Morgan fingerprint density at radius 2 is 1.96 bits per heavy atom. The smallest absolute Gasteiger partial charge is 0.247 e. The van der Waals surface area contributed by atoms with Crippen LogP contribution >= 0.6 is 0 Å². The lowest BCUT2D eigenvalue weighted by atomic mass is 9.93. The molecule has 0 saturated heterocycles. The summed E-state index contributed by atoms with van der Waals surface area (Å²) in [7, 11) is 1.93. The first kappa shape index (κ1) is 17.0. The summed E-state index contributed by atoms with van der Waals surface area (Å²) < 4.78 is 3.68. The van der Waals surface area contributed by atoms with Crippen LogP contribution in [0, 0.1) is 0 Å². The molecular formula is C20H23N7O. The molecule has 3 N–H and O–H groups in total. The second-order valence-electron chi connectivity index (χ2n) is 7.43. The van der Waals surface area contributed by atoms with Gasteiger partial charge in [0.25, 0.3) is 0 Å². The van der Waals surface area contributed by atoms with Crippen LogP contribution < -0.4 is 10.6 Å². The summed E-state index contributed by atoms with van der Waals surface area (Å²) in [6, 6.07) is 12.4. The molecule has 0 bridgehead atoms. The van der Waals surface area contributed by atoms with E-state index in [0.717, 1.165) is 53.7 Å². The Morgan fingerprint density at radius 3 is 2.82 bits per heavy atom. The Hall–Kier alpha value is -3.13. The molecular weight excluding hydrogens is 354 g/mol. The molecule has 8 nitrogen and oxygen atoms in total. The summed E-state index contributed by atoms with van der Waals surface area (Å²) in [5.74, 6) is 1.47. The van der Waals surface area contributed by atoms with Gasteiger partial charge in [0.15, 0.2) is 5.65 Å². The number of aliphatic hydroxyl groups is 1. The minimum absolute atomic E-state index is 0.159. The monoisotopic (exact) mass is 377 g/mol. The van der Waals surface area contributed by atoms with Crippen LogP contribution in [0.4, 0.5) is 17.5 Å². The molecule has 1 fully saturated rings. The van der Waals surface area contributed by atoms with Gasteiger partial charge in [0.1, 0.15) is 5.82 Å². The maximum Gasteiger partial charge on any atom is 0.247 e. The topological polar surface area (TPSA) is 92.3 Å². The first-order valence-corrected chi connectivity index (χ1v) is 9.65. The maximum absolute atomic E-state index is 9.71. The van der Waals surface area contributed by atoms with Crippen molar-refractivity contribution >= 4 is 34.0 Å². The molecule has 28 heavy (non-hydrogen) atoms. The molecule has 0 aliphatic heterocycles. The van der Waals surface area contributed by atoms with Gasteiger partial charge in [-0.3, -0.25) is 4.68 Å². The molecule has 1 aromatic carbocycles. The molecule has 1 aliphatic carbocycles. The normalized spacial score (nSPS) is 19.9. The number of nitrogens with one attached hydrogen (secondary N) is 2. The van der Waals surface area contributed by atoms with Gasteiger partial charge in [-0.05, 0) is 56.0 Å². The number of hydrogen-bond donors (Lipinski definition) is 3. The maximum atomic E-state index is 9.71. The van der Waals surface area contributed by atoms with Gasteiger partial charge < -0.3 is 15.7 Å². The van der Waals surface area contributed by atoms with Gasteiger partial charge in [0.05, 0.1) is 17.8 Å². The minimum Gasteiger partial charge on any atom is -0.393 e. The first-order valence-electron chi connectivity index (χ1n) is 9.65. The zero-order valence-electron chi connectivity index (χ0n) is 15.7. The van der Waals surface area contributed by atoms with E-state index in [4.69, 9.17) is 0 Å². The third-order valence-electron chi connectivity index (χ3n) is 5.41. The Morgan fingerprint density at radius 1 is 1.11 bits per heavy atom. The van der Waals surface area contributed by atoms with Gasteiger partial charge in [-0.2, -0.15) is 14.6 Å².